The molecule has 0 aliphatic carbocycles. The predicted molar refractivity (Wildman–Crippen MR) is 120 cm³/mol. The Balaban J connectivity index is 1.67. The molecular formula is C26H18O4S. The molecule has 0 fully saturated rings. The molecule has 0 saturated carbocycles. The molecule has 0 bridgehead atoms. The third kappa shape index (κ3) is 4.16. The van der Waals surface area contributed by atoms with E-state index >= 15 is 0 Å². The zero-order valence-corrected chi connectivity index (χ0v) is 17.2. The highest BCUT2D eigenvalue weighted by atomic mass is 32.2. The van der Waals surface area contributed by atoms with E-state index in [9.17, 15) is 13.5 Å². The molecule has 1 N–H and O–H groups in total. The van der Waals surface area contributed by atoms with Crippen molar-refractivity contribution >= 4 is 9.84 Å². The summed E-state index contributed by atoms with van der Waals surface area (Å²) in [5.74, 6) is 3.76. The van der Waals surface area contributed by atoms with Gasteiger partial charge in [0.2, 0.25) is 9.84 Å². The average molecular weight is 426 g/mol. The average Bonchev–Trinajstić information content (AvgIpc) is 2.80. The van der Waals surface area contributed by atoms with Gasteiger partial charge in [-0.15, -0.1) is 6.42 Å². The van der Waals surface area contributed by atoms with E-state index in [2.05, 4.69) is 5.92 Å². The fourth-order valence-electron chi connectivity index (χ4n) is 3.21. The molecule has 31 heavy (non-hydrogen) atoms. The molecule has 0 aliphatic heterocycles. The number of ether oxygens (including phenoxy) is 1. The Bertz CT molecular complexity index is 1350. The highest BCUT2D eigenvalue weighted by Gasteiger charge is 2.18. The van der Waals surface area contributed by atoms with E-state index in [1.165, 1.54) is 36.4 Å². The maximum Gasteiger partial charge on any atom is 0.206 e. The Hall–Kier alpha value is -4.01. The molecule has 0 radical (unpaired) electrons. The molecule has 4 nitrogen and oxygen atoms in total. The van der Waals surface area contributed by atoms with Gasteiger partial charge >= 0.3 is 0 Å². The van der Waals surface area contributed by atoms with Gasteiger partial charge in [-0.1, -0.05) is 42.3 Å². The number of rotatable bonds is 5. The smallest absolute Gasteiger partial charge is 0.206 e. The largest absolute Gasteiger partial charge is 0.508 e. The summed E-state index contributed by atoms with van der Waals surface area (Å²) in [5.41, 5.74) is 2.43. The van der Waals surface area contributed by atoms with Gasteiger partial charge < -0.3 is 9.84 Å². The molecule has 0 aliphatic rings. The minimum Gasteiger partial charge on any atom is -0.508 e. The van der Waals surface area contributed by atoms with Crippen LogP contribution in [0.15, 0.2) is 107 Å². The van der Waals surface area contributed by atoms with Crippen molar-refractivity contribution in [3.8, 4) is 40.7 Å². The topological polar surface area (TPSA) is 63.6 Å². The molecule has 4 rings (SSSR count). The summed E-state index contributed by atoms with van der Waals surface area (Å²) in [6, 6.07) is 26.8. The van der Waals surface area contributed by atoms with Gasteiger partial charge in [0.15, 0.2) is 0 Å². The third-order valence-electron chi connectivity index (χ3n) is 4.75. The standard InChI is InChI=1S/C26H18O4S/c1-2-19-9-6-10-25(26(19)20-7-4-3-5-8-20)30-22-13-17-24(18-14-22)31(28,29)23-15-11-21(27)12-16-23/h1,3-18,27H. The summed E-state index contributed by atoms with van der Waals surface area (Å²) in [5, 5.41) is 9.39. The van der Waals surface area contributed by atoms with E-state index in [0.29, 0.717) is 17.1 Å². The van der Waals surface area contributed by atoms with E-state index in [1.54, 1.807) is 12.1 Å². The Morgan fingerprint density at radius 1 is 0.742 bits per heavy atom. The second-order valence-electron chi connectivity index (χ2n) is 6.76. The van der Waals surface area contributed by atoms with Gasteiger partial charge in [-0.3, -0.25) is 0 Å². The van der Waals surface area contributed by atoms with Gasteiger partial charge in [0.05, 0.1) is 9.79 Å². The quantitative estimate of drug-likeness (QED) is 0.418. The Kier molecular flexibility index (Phi) is 5.48. The third-order valence-corrected chi connectivity index (χ3v) is 6.54. The monoisotopic (exact) mass is 426 g/mol. The van der Waals surface area contributed by atoms with Crippen LogP contribution in [0.1, 0.15) is 5.56 Å². The second kappa shape index (κ2) is 8.39. The number of benzene rings is 4. The maximum atomic E-state index is 12.8. The van der Waals surface area contributed by atoms with E-state index < -0.39 is 9.84 Å². The summed E-state index contributed by atoms with van der Waals surface area (Å²) < 4.78 is 31.7. The number of aromatic hydroxyl groups is 1. The van der Waals surface area contributed by atoms with Crippen molar-refractivity contribution in [2.75, 3.05) is 0 Å². The normalized spacial score (nSPS) is 10.9. The van der Waals surface area contributed by atoms with Gasteiger partial charge in [-0.05, 0) is 66.2 Å². The molecular weight excluding hydrogens is 408 g/mol. The van der Waals surface area contributed by atoms with Crippen LogP contribution in [-0.2, 0) is 9.84 Å². The Morgan fingerprint density at radius 3 is 1.97 bits per heavy atom. The number of hydrogen-bond acceptors (Lipinski definition) is 4. The molecule has 0 spiro atoms. The van der Waals surface area contributed by atoms with E-state index in [-0.39, 0.29) is 15.5 Å². The molecule has 0 heterocycles. The molecule has 4 aromatic carbocycles. The highest BCUT2D eigenvalue weighted by molar-refractivity contribution is 7.91. The van der Waals surface area contributed by atoms with E-state index in [4.69, 9.17) is 11.2 Å². The van der Waals surface area contributed by atoms with Crippen LogP contribution in [0, 0.1) is 12.3 Å². The maximum absolute atomic E-state index is 12.8. The van der Waals surface area contributed by atoms with Crippen molar-refractivity contribution in [1.82, 2.24) is 0 Å². The van der Waals surface area contributed by atoms with E-state index in [1.807, 2.05) is 48.5 Å². The zero-order chi connectivity index (χ0) is 21.8. The van der Waals surface area contributed by atoms with Crippen LogP contribution in [0.25, 0.3) is 11.1 Å². The van der Waals surface area contributed by atoms with E-state index in [0.717, 1.165) is 11.1 Å². The molecule has 0 aromatic heterocycles. The van der Waals surface area contributed by atoms with Crippen LogP contribution in [0.3, 0.4) is 0 Å². The summed E-state index contributed by atoms with van der Waals surface area (Å²) in [7, 11) is -3.70. The molecule has 0 saturated heterocycles. The number of terminal acetylenes is 1. The lowest BCUT2D eigenvalue weighted by molar-refractivity contribution is 0.475. The van der Waals surface area contributed by atoms with Crippen LogP contribution in [-0.4, -0.2) is 13.5 Å². The van der Waals surface area contributed by atoms with Crippen molar-refractivity contribution in [3.05, 3.63) is 103 Å². The van der Waals surface area contributed by atoms with Crippen molar-refractivity contribution in [2.45, 2.75) is 9.79 Å². The minimum absolute atomic E-state index is 0.00566. The van der Waals surface area contributed by atoms with Gasteiger partial charge in [0, 0.05) is 11.1 Å². The van der Waals surface area contributed by atoms with Crippen molar-refractivity contribution < 1.29 is 18.3 Å². The number of sulfone groups is 1. The lowest BCUT2D eigenvalue weighted by Crippen LogP contribution is -2.01. The van der Waals surface area contributed by atoms with Gasteiger partial charge in [0.25, 0.3) is 0 Å². The van der Waals surface area contributed by atoms with Crippen LogP contribution in [0.2, 0.25) is 0 Å². The first-order chi connectivity index (χ1) is 15.0. The first-order valence-electron chi connectivity index (χ1n) is 9.46. The Labute approximate surface area is 181 Å². The van der Waals surface area contributed by atoms with Crippen molar-refractivity contribution in [1.29, 1.82) is 0 Å². The fraction of sp³-hybridized carbons (Fsp3) is 0. The van der Waals surface area contributed by atoms with Gasteiger partial charge in [-0.25, -0.2) is 8.42 Å². The number of phenols is 1. The van der Waals surface area contributed by atoms with Crippen LogP contribution < -0.4 is 4.74 Å². The van der Waals surface area contributed by atoms with Gasteiger partial charge in [-0.2, -0.15) is 0 Å². The number of hydrogen-bond donors (Lipinski definition) is 1. The molecule has 152 valence electrons. The summed E-state index contributed by atoms with van der Waals surface area (Å²) in [6.45, 7) is 0. The molecule has 5 heteroatoms. The molecule has 4 aromatic rings. The summed E-state index contributed by atoms with van der Waals surface area (Å²) >= 11 is 0. The van der Waals surface area contributed by atoms with Crippen molar-refractivity contribution in [2.24, 2.45) is 0 Å². The van der Waals surface area contributed by atoms with Crippen molar-refractivity contribution in [3.63, 3.8) is 0 Å². The Morgan fingerprint density at radius 2 is 1.35 bits per heavy atom. The summed E-state index contributed by atoms with van der Waals surface area (Å²) in [6.07, 6.45) is 5.69. The predicted octanol–water partition coefficient (Wildman–Crippen LogP) is 5.67. The second-order valence-corrected chi connectivity index (χ2v) is 8.71. The lowest BCUT2D eigenvalue weighted by atomic mass is 9.99. The summed E-state index contributed by atoms with van der Waals surface area (Å²) in [4.78, 5) is 0.234. The minimum atomic E-state index is -3.70. The van der Waals surface area contributed by atoms with Crippen LogP contribution in [0.5, 0.6) is 17.2 Å². The number of phenolic OH excluding ortho intramolecular Hbond substituents is 1. The van der Waals surface area contributed by atoms with Gasteiger partial charge in [0.1, 0.15) is 17.2 Å². The van der Waals surface area contributed by atoms with Crippen LogP contribution in [0.4, 0.5) is 0 Å². The van der Waals surface area contributed by atoms with Crippen LogP contribution >= 0.6 is 0 Å². The molecule has 0 amide bonds. The molecule has 0 atom stereocenters. The first-order valence-corrected chi connectivity index (χ1v) is 10.9. The highest BCUT2D eigenvalue weighted by Crippen LogP contribution is 2.36. The SMILES string of the molecule is C#Cc1cccc(Oc2ccc(S(=O)(=O)c3ccc(O)cc3)cc2)c1-c1ccccc1. The molecule has 0 unspecified atom stereocenters. The lowest BCUT2D eigenvalue weighted by Gasteiger charge is -2.14. The zero-order valence-electron chi connectivity index (χ0n) is 16.4. The fourth-order valence-corrected chi connectivity index (χ4v) is 4.48. The first kappa shape index (κ1) is 20.3.